The first-order chi connectivity index (χ1) is 15.7. The van der Waals surface area contributed by atoms with Crippen LogP contribution in [0.5, 0.6) is 0 Å². The number of carbonyl (C=O) groups excluding carboxylic acids is 1. The van der Waals surface area contributed by atoms with E-state index in [-0.39, 0.29) is 16.7 Å². The second-order valence-corrected chi connectivity index (χ2v) is 11.7. The minimum absolute atomic E-state index is 0.120. The fourth-order valence-corrected chi connectivity index (χ4v) is 6.47. The molecule has 0 saturated heterocycles. The lowest BCUT2D eigenvalue weighted by molar-refractivity contribution is -0.120. The van der Waals surface area contributed by atoms with Gasteiger partial charge in [0.05, 0.1) is 31.2 Å². The first kappa shape index (κ1) is 22.0. The number of hydrogen-bond donors (Lipinski definition) is 1. The van der Waals surface area contributed by atoms with Gasteiger partial charge in [-0.25, -0.2) is 18.4 Å². The zero-order valence-electron chi connectivity index (χ0n) is 18.6. The number of aryl methyl sites for hydroxylation is 1. The molecule has 0 fully saturated rings. The largest absolute Gasteiger partial charge is 0.308 e. The lowest BCUT2D eigenvalue weighted by Crippen LogP contribution is -2.49. The molecule has 1 atom stereocenters. The van der Waals surface area contributed by atoms with Gasteiger partial charge >= 0.3 is 0 Å². The highest BCUT2D eigenvalue weighted by Gasteiger charge is 2.35. The molecule has 10 heteroatoms. The standard InChI is InChI=1S/C23H25N5O3S2/c1-14(2)12-19(26-33(30,31)16-8-9-18-21(13-16)32-15(3)24-18)22(29)28-11-10-27-20-7-5-4-6-17(20)25-23(27)28/h4-9,13-14,19,26H,10-12H2,1-3H3/t19-/m0/s1. The van der Waals surface area contributed by atoms with E-state index in [2.05, 4.69) is 14.7 Å². The molecule has 0 unspecified atom stereocenters. The molecule has 2 aromatic heterocycles. The van der Waals surface area contributed by atoms with Crippen molar-refractivity contribution in [1.82, 2.24) is 19.3 Å². The molecule has 8 nitrogen and oxygen atoms in total. The third kappa shape index (κ3) is 4.03. The number of nitrogens with one attached hydrogen (secondary N) is 1. The van der Waals surface area contributed by atoms with Gasteiger partial charge < -0.3 is 4.57 Å². The van der Waals surface area contributed by atoms with Crippen LogP contribution < -0.4 is 9.62 Å². The lowest BCUT2D eigenvalue weighted by Gasteiger charge is -2.24. The van der Waals surface area contributed by atoms with Crippen LogP contribution in [0.2, 0.25) is 0 Å². The maximum Gasteiger partial charge on any atom is 0.247 e. The number of benzene rings is 2. The summed E-state index contributed by atoms with van der Waals surface area (Å²) in [6, 6.07) is 11.7. The molecule has 1 aliphatic rings. The Morgan fingerprint density at radius 3 is 2.70 bits per heavy atom. The van der Waals surface area contributed by atoms with Crippen molar-refractivity contribution in [2.45, 2.75) is 44.7 Å². The van der Waals surface area contributed by atoms with E-state index >= 15 is 0 Å². The molecule has 1 N–H and O–H groups in total. The van der Waals surface area contributed by atoms with Gasteiger partial charge in [-0.2, -0.15) is 4.72 Å². The van der Waals surface area contributed by atoms with Gasteiger partial charge in [-0.15, -0.1) is 11.3 Å². The van der Waals surface area contributed by atoms with E-state index in [1.165, 1.54) is 17.4 Å². The highest BCUT2D eigenvalue weighted by Crippen LogP contribution is 2.29. The van der Waals surface area contributed by atoms with Crippen LogP contribution >= 0.6 is 11.3 Å². The fourth-order valence-electron chi connectivity index (χ4n) is 4.30. The van der Waals surface area contributed by atoms with Crippen LogP contribution in [0.25, 0.3) is 21.3 Å². The van der Waals surface area contributed by atoms with Crippen LogP contribution in [-0.2, 0) is 21.4 Å². The maximum atomic E-state index is 13.6. The number of fused-ring (bicyclic) bond motifs is 4. The first-order valence-corrected chi connectivity index (χ1v) is 13.2. The summed E-state index contributed by atoms with van der Waals surface area (Å²) in [7, 11) is -3.91. The number of rotatable bonds is 6. The van der Waals surface area contributed by atoms with Gasteiger partial charge in [0.1, 0.15) is 6.04 Å². The first-order valence-electron chi connectivity index (χ1n) is 10.9. The van der Waals surface area contributed by atoms with E-state index in [1.54, 1.807) is 17.0 Å². The summed E-state index contributed by atoms with van der Waals surface area (Å²) >= 11 is 1.44. The molecule has 0 spiro atoms. The van der Waals surface area contributed by atoms with Gasteiger partial charge in [-0.05, 0) is 49.6 Å². The van der Waals surface area contributed by atoms with Gasteiger partial charge in [0.25, 0.3) is 0 Å². The molecule has 33 heavy (non-hydrogen) atoms. The average Bonchev–Trinajstić information content (AvgIpc) is 3.43. The predicted octanol–water partition coefficient (Wildman–Crippen LogP) is 3.69. The highest BCUT2D eigenvalue weighted by molar-refractivity contribution is 7.89. The van der Waals surface area contributed by atoms with Crippen molar-refractivity contribution in [3.63, 3.8) is 0 Å². The molecule has 0 radical (unpaired) electrons. The average molecular weight is 484 g/mol. The SMILES string of the molecule is Cc1nc2ccc(S(=O)(=O)N[C@@H](CC(C)C)C(=O)N3CCn4c3nc3ccccc34)cc2s1. The summed E-state index contributed by atoms with van der Waals surface area (Å²) < 4.78 is 32.0. The van der Waals surface area contributed by atoms with Crippen molar-refractivity contribution in [3.05, 3.63) is 47.5 Å². The Morgan fingerprint density at radius 2 is 1.91 bits per heavy atom. The van der Waals surface area contributed by atoms with Crippen LogP contribution in [-0.4, -0.2) is 41.4 Å². The molecule has 1 amide bonds. The van der Waals surface area contributed by atoms with Crippen molar-refractivity contribution in [2.75, 3.05) is 11.4 Å². The fraction of sp³-hybridized carbons (Fsp3) is 0.348. The van der Waals surface area contributed by atoms with Crippen LogP contribution in [0.4, 0.5) is 5.95 Å². The minimum Gasteiger partial charge on any atom is -0.308 e. The molecule has 3 heterocycles. The quantitative estimate of drug-likeness (QED) is 0.451. The van der Waals surface area contributed by atoms with Crippen LogP contribution in [0, 0.1) is 12.8 Å². The Balaban J connectivity index is 1.45. The molecule has 1 aliphatic heterocycles. The Hall–Kier alpha value is -2.82. The molecular weight excluding hydrogens is 458 g/mol. The second-order valence-electron chi connectivity index (χ2n) is 8.71. The third-order valence-electron chi connectivity index (χ3n) is 5.77. The number of carbonyl (C=O) groups is 1. The molecule has 4 aromatic rings. The van der Waals surface area contributed by atoms with Crippen molar-refractivity contribution >= 4 is 54.5 Å². The second kappa shape index (κ2) is 8.19. The number of amides is 1. The number of nitrogens with zero attached hydrogens (tertiary/aromatic N) is 4. The van der Waals surface area contributed by atoms with Gasteiger partial charge in [-0.3, -0.25) is 9.69 Å². The maximum absolute atomic E-state index is 13.6. The van der Waals surface area contributed by atoms with E-state index in [4.69, 9.17) is 0 Å². The monoisotopic (exact) mass is 483 g/mol. The predicted molar refractivity (Wildman–Crippen MR) is 130 cm³/mol. The third-order valence-corrected chi connectivity index (χ3v) is 8.17. The van der Waals surface area contributed by atoms with E-state index in [1.807, 2.05) is 49.6 Å². The molecule has 2 aromatic carbocycles. The summed E-state index contributed by atoms with van der Waals surface area (Å²) in [6.45, 7) is 6.93. The highest BCUT2D eigenvalue weighted by atomic mass is 32.2. The van der Waals surface area contributed by atoms with Crippen molar-refractivity contribution < 1.29 is 13.2 Å². The Labute approximate surface area is 196 Å². The van der Waals surface area contributed by atoms with E-state index in [0.717, 1.165) is 26.3 Å². The number of sulfonamides is 1. The summed E-state index contributed by atoms with van der Waals surface area (Å²) in [5.41, 5.74) is 2.55. The summed E-state index contributed by atoms with van der Waals surface area (Å²) in [5.74, 6) is 0.404. The normalized spacial score (nSPS) is 15.0. The van der Waals surface area contributed by atoms with Crippen LogP contribution in [0.3, 0.4) is 0 Å². The summed E-state index contributed by atoms with van der Waals surface area (Å²) in [6.07, 6.45) is 0.386. The zero-order chi connectivity index (χ0) is 23.3. The zero-order valence-corrected chi connectivity index (χ0v) is 20.3. The minimum atomic E-state index is -3.91. The van der Waals surface area contributed by atoms with Crippen molar-refractivity contribution in [2.24, 2.45) is 5.92 Å². The van der Waals surface area contributed by atoms with Crippen molar-refractivity contribution in [3.8, 4) is 0 Å². The number of hydrogen-bond acceptors (Lipinski definition) is 6. The number of anilines is 1. The topological polar surface area (TPSA) is 97.2 Å². The smallest absolute Gasteiger partial charge is 0.247 e. The van der Waals surface area contributed by atoms with Crippen LogP contribution in [0.15, 0.2) is 47.4 Å². The summed E-state index contributed by atoms with van der Waals surface area (Å²) in [5, 5.41) is 0.872. The van der Waals surface area contributed by atoms with E-state index in [9.17, 15) is 13.2 Å². The molecule has 5 rings (SSSR count). The lowest BCUT2D eigenvalue weighted by atomic mass is 10.0. The van der Waals surface area contributed by atoms with E-state index in [0.29, 0.717) is 25.5 Å². The summed E-state index contributed by atoms with van der Waals surface area (Å²) in [4.78, 5) is 24.3. The Morgan fingerprint density at radius 1 is 1.12 bits per heavy atom. The number of imidazole rings is 1. The van der Waals surface area contributed by atoms with Gasteiger partial charge in [0, 0.05) is 13.1 Å². The number of para-hydroxylation sites is 2. The van der Waals surface area contributed by atoms with E-state index < -0.39 is 16.1 Å². The number of aromatic nitrogens is 3. The molecule has 0 saturated carbocycles. The van der Waals surface area contributed by atoms with Crippen LogP contribution in [0.1, 0.15) is 25.3 Å². The molecule has 0 bridgehead atoms. The number of thiazole rings is 1. The molecule has 0 aliphatic carbocycles. The molecule has 172 valence electrons. The van der Waals surface area contributed by atoms with Crippen molar-refractivity contribution in [1.29, 1.82) is 0 Å². The van der Waals surface area contributed by atoms with Gasteiger partial charge in [-0.1, -0.05) is 26.0 Å². The van der Waals surface area contributed by atoms with Gasteiger partial charge in [0.15, 0.2) is 0 Å². The Bertz CT molecular complexity index is 1470. The molecular formula is C23H25N5O3S2. The Kier molecular flexibility index (Phi) is 5.46. The van der Waals surface area contributed by atoms with Gasteiger partial charge in [0.2, 0.25) is 21.9 Å².